The minimum absolute atomic E-state index is 0.127. The summed E-state index contributed by atoms with van der Waals surface area (Å²) in [5, 5.41) is 40.0. The van der Waals surface area contributed by atoms with E-state index >= 15 is 0 Å². The highest BCUT2D eigenvalue weighted by atomic mass is 16.6. The number of phenolic OH excluding ortho intramolecular Hbond substituents is 2. The van der Waals surface area contributed by atoms with Gasteiger partial charge in [-0.1, -0.05) is 0 Å². The van der Waals surface area contributed by atoms with Crippen LogP contribution in [0.3, 0.4) is 0 Å². The van der Waals surface area contributed by atoms with Crippen molar-refractivity contribution in [1.82, 2.24) is 9.80 Å². The fourth-order valence-electron chi connectivity index (χ4n) is 5.23. The molecular formula is C21H20N4O6. The number of ether oxygens (including phenoxy) is 2. The number of hydrogen-bond acceptors (Lipinski definition) is 9. The predicted octanol–water partition coefficient (Wildman–Crippen LogP) is 1.81. The quantitative estimate of drug-likeness (QED) is 0.544. The molecule has 4 fully saturated rings. The molecule has 4 aliphatic rings. The monoisotopic (exact) mass is 424 g/mol. The summed E-state index contributed by atoms with van der Waals surface area (Å²) in [4.78, 5) is 14.8. The minimum atomic E-state index is -0.642. The Morgan fingerprint density at radius 2 is 1.52 bits per heavy atom. The number of aromatic hydroxyl groups is 2. The fourth-order valence-corrected chi connectivity index (χ4v) is 5.23. The Morgan fingerprint density at radius 1 is 0.968 bits per heavy atom. The zero-order chi connectivity index (χ0) is 21.8. The van der Waals surface area contributed by atoms with E-state index in [1.54, 1.807) is 6.07 Å². The number of nitriles is 1. The van der Waals surface area contributed by atoms with Gasteiger partial charge in [0.25, 0.3) is 0 Å². The minimum Gasteiger partial charge on any atom is -0.506 e. The Morgan fingerprint density at radius 3 is 2.00 bits per heavy atom. The van der Waals surface area contributed by atoms with Crippen LogP contribution >= 0.6 is 0 Å². The molecule has 160 valence electrons. The number of benzene rings is 2. The molecule has 0 saturated carbocycles. The number of piperidine rings is 2. The average Bonchev–Trinajstić information content (AvgIpc) is 2.66. The third-order valence-corrected chi connectivity index (χ3v) is 5.99. The van der Waals surface area contributed by atoms with Gasteiger partial charge in [0.05, 0.1) is 17.2 Å². The van der Waals surface area contributed by atoms with Gasteiger partial charge in [-0.2, -0.15) is 5.26 Å². The summed E-state index contributed by atoms with van der Waals surface area (Å²) in [5.41, 5.74) is -1.36. The number of nitro groups is 1. The molecule has 2 atom stereocenters. The molecule has 10 heteroatoms. The van der Waals surface area contributed by atoms with E-state index in [4.69, 9.17) is 14.7 Å². The van der Waals surface area contributed by atoms with E-state index in [0.29, 0.717) is 44.1 Å². The Labute approximate surface area is 177 Å². The molecule has 6 rings (SSSR count). The highest BCUT2D eigenvalue weighted by Crippen LogP contribution is 2.45. The first-order valence-corrected chi connectivity index (χ1v) is 9.82. The van der Waals surface area contributed by atoms with Gasteiger partial charge in [0.15, 0.2) is 5.75 Å². The topological polar surface area (TPSA) is 132 Å². The molecule has 0 spiro atoms. The third-order valence-electron chi connectivity index (χ3n) is 5.99. The summed E-state index contributed by atoms with van der Waals surface area (Å²) in [6.45, 7) is 3.53. The molecule has 4 saturated heterocycles. The van der Waals surface area contributed by atoms with Crippen LogP contribution in [0.25, 0.3) is 0 Å². The maximum absolute atomic E-state index is 11.0. The molecule has 4 bridgehead atoms. The molecular weight excluding hydrogens is 404 g/mol. The van der Waals surface area contributed by atoms with Gasteiger partial charge in [0, 0.05) is 50.8 Å². The number of phenols is 2. The first-order chi connectivity index (χ1) is 14.8. The summed E-state index contributed by atoms with van der Waals surface area (Å²) >= 11 is 0. The van der Waals surface area contributed by atoms with Crippen molar-refractivity contribution < 1.29 is 24.6 Å². The van der Waals surface area contributed by atoms with E-state index in [1.165, 1.54) is 30.3 Å². The molecule has 4 heterocycles. The van der Waals surface area contributed by atoms with Crippen LogP contribution in [-0.4, -0.2) is 69.0 Å². The van der Waals surface area contributed by atoms with Crippen LogP contribution in [0.15, 0.2) is 36.4 Å². The van der Waals surface area contributed by atoms with Gasteiger partial charge in [0.1, 0.15) is 34.5 Å². The second kappa shape index (κ2) is 6.73. The van der Waals surface area contributed by atoms with Gasteiger partial charge in [-0.25, -0.2) is 0 Å². The Balaban J connectivity index is 1.41. The van der Waals surface area contributed by atoms with Gasteiger partial charge in [0.2, 0.25) is 0 Å². The van der Waals surface area contributed by atoms with Gasteiger partial charge in [-0.3, -0.25) is 19.9 Å². The van der Waals surface area contributed by atoms with Crippen LogP contribution in [0.1, 0.15) is 12.0 Å². The number of nitro benzene ring substituents is 1. The van der Waals surface area contributed by atoms with E-state index in [1.807, 2.05) is 6.07 Å². The van der Waals surface area contributed by atoms with Crippen LogP contribution < -0.4 is 9.47 Å². The lowest BCUT2D eigenvalue weighted by Crippen LogP contribution is -2.79. The lowest BCUT2D eigenvalue weighted by molar-refractivity contribution is -0.385. The summed E-state index contributed by atoms with van der Waals surface area (Å²) < 4.78 is 12.7. The van der Waals surface area contributed by atoms with Crippen molar-refractivity contribution >= 4 is 5.69 Å². The van der Waals surface area contributed by atoms with Crippen LogP contribution in [0.2, 0.25) is 0 Å². The normalized spacial score (nSPS) is 30.5. The molecule has 2 aromatic rings. The zero-order valence-electron chi connectivity index (χ0n) is 16.5. The lowest BCUT2D eigenvalue weighted by atomic mass is 9.75. The molecule has 0 radical (unpaired) electrons. The highest BCUT2D eigenvalue weighted by molar-refractivity contribution is 5.50. The standard InChI is InChI=1S/C21H20N4O6/c22-7-14-1-2-15(5-18(14)26)30-20-8-21(11-23(9-20)13-24(10-20)12-21)31-16-3-4-17(25(28)29)19(27)6-16/h1-6,26-27H,8-13H2. The Bertz CT molecular complexity index is 1100. The van der Waals surface area contributed by atoms with Crippen molar-refractivity contribution in [2.24, 2.45) is 0 Å². The molecule has 4 aliphatic heterocycles. The van der Waals surface area contributed by atoms with Crippen LogP contribution in [-0.2, 0) is 0 Å². The van der Waals surface area contributed by atoms with E-state index in [9.17, 15) is 20.3 Å². The molecule has 0 amide bonds. The zero-order valence-corrected chi connectivity index (χ0v) is 16.5. The van der Waals surface area contributed by atoms with Crippen LogP contribution in [0.4, 0.5) is 5.69 Å². The largest absolute Gasteiger partial charge is 0.506 e. The maximum atomic E-state index is 11.0. The average molecular weight is 424 g/mol. The molecule has 31 heavy (non-hydrogen) atoms. The van der Waals surface area contributed by atoms with Gasteiger partial charge in [-0.05, 0) is 18.2 Å². The van der Waals surface area contributed by atoms with Crippen molar-refractivity contribution in [3.63, 3.8) is 0 Å². The van der Waals surface area contributed by atoms with E-state index in [2.05, 4.69) is 9.80 Å². The van der Waals surface area contributed by atoms with Crippen molar-refractivity contribution in [2.75, 3.05) is 32.8 Å². The third kappa shape index (κ3) is 3.37. The second-order valence-electron chi connectivity index (χ2n) is 8.56. The first kappa shape index (κ1) is 19.4. The molecule has 2 unspecified atom stereocenters. The van der Waals surface area contributed by atoms with Gasteiger partial charge < -0.3 is 19.7 Å². The Hall–Kier alpha value is -3.55. The summed E-state index contributed by atoms with van der Waals surface area (Å²) in [7, 11) is 0. The van der Waals surface area contributed by atoms with Crippen LogP contribution in [0, 0.1) is 21.4 Å². The second-order valence-corrected chi connectivity index (χ2v) is 8.56. The summed E-state index contributed by atoms with van der Waals surface area (Å²) in [6, 6.07) is 10.6. The summed E-state index contributed by atoms with van der Waals surface area (Å²) in [5.74, 6) is 0.270. The number of nitrogens with zero attached hydrogens (tertiary/aromatic N) is 4. The van der Waals surface area contributed by atoms with E-state index in [-0.39, 0.29) is 17.0 Å². The van der Waals surface area contributed by atoms with Crippen molar-refractivity contribution in [1.29, 1.82) is 5.26 Å². The smallest absolute Gasteiger partial charge is 0.310 e. The van der Waals surface area contributed by atoms with E-state index in [0.717, 1.165) is 6.67 Å². The predicted molar refractivity (Wildman–Crippen MR) is 107 cm³/mol. The molecule has 10 nitrogen and oxygen atoms in total. The van der Waals surface area contributed by atoms with E-state index < -0.39 is 21.9 Å². The summed E-state index contributed by atoms with van der Waals surface area (Å²) in [6.07, 6.45) is 0.575. The number of hydrogen-bond donors (Lipinski definition) is 2. The Kier molecular flexibility index (Phi) is 4.22. The number of rotatable bonds is 5. The van der Waals surface area contributed by atoms with Crippen LogP contribution in [0.5, 0.6) is 23.0 Å². The molecule has 0 aliphatic carbocycles. The maximum Gasteiger partial charge on any atom is 0.310 e. The van der Waals surface area contributed by atoms with Crippen molar-refractivity contribution in [3.05, 3.63) is 52.1 Å². The lowest BCUT2D eigenvalue weighted by Gasteiger charge is -2.62. The van der Waals surface area contributed by atoms with Crippen molar-refractivity contribution in [2.45, 2.75) is 17.6 Å². The van der Waals surface area contributed by atoms with Crippen molar-refractivity contribution in [3.8, 4) is 29.1 Å². The first-order valence-electron chi connectivity index (χ1n) is 9.82. The van der Waals surface area contributed by atoms with Gasteiger partial charge >= 0.3 is 5.69 Å². The highest BCUT2D eigenvalue weighted by Gasteiger charge is 2.59. The SMILES string of the molecule is N#Cc1ccc(OC23CN4CN(C2)CC(Oc2ccc([N+](=O)[O-])c(O)c2)(C4)C3)cc1O. The fraction of sp³-hybridized carbons (Fsp3) is 0.381. The molecule has 0 aromatic heterocycles. The molecule has 2 N–H and O–H groups in total. The molecule has 2 aromatic carbocycles. The van der Waals surface area contributed by atoms with Gasteiger partial charge in [-0.15, -0.1) is 0 Å².